The van der Waals surface area contributed by atoms with E-state index < -0.39 is 4.92 Å². The zero-order valence-corrected chi connectivity index (χ0v) is 10.9. The topological polar surface area (TPSA) is 64.4 Å². The summed E-state index contributed by atoms with van der Waals surface area (Å²) in [5.74, 6) is 0. The molecule has 0 heterocycles. The van der Waals surface area contributed by atoms with E-state index in [4.69, 9.17) is 4.74 Å². The van der Waals surface area contributed by atoms with E-state index in [-0.39, 0.29) is 5.69 Å². The van der Waals surface area contributed by atoms with Crippen molar-refractivity contribution in [3.8, 4) is 0 Å². The first kappa shape index (κ1) is 12.3. The largest absolute Gasteiger partial charge is 0.381 e. The number of nitrogens with one attached hydrogen (secondary N) is 1. The molecule has 0 spiro atoms. The number of anilines is 1. The molecular weight excluding hydrogens is 288 g/mol. The monoisotopic (exact) mass is 300 g/mol. The molecule has 0 unspecified atom stereocenters. The number of nitrogens with zero attached hydrogens (tertiary/aromatic N) is 1. The van der Waals surface area contributed by atoms with Crippen LogP contribution in [0.2, 0.25) is 0 Å². The summed E-state index contributed by atoms with van der Waals surface area (Å²) in [6, 6.07) is 5.05. The summed E-state index contributed by atoms with van der Waals surface area (Å²) in [6.45, 7) is 0. The Bertz CT molecular complexity index is 433. The minimum atomic E-state index is -0.393. The lowest BCUT2D eigenvalue weighted by Crippen LogP contribution is -2.40. The zero-order chi connectivity index (χ0) is 12.4. The van der Waals surface area contributed by atoms with E-state index in [1.165, 1.54) is 6.07 Å². The highest BCUT2D eigenvalue weighted by Gasteiger charge is 2.29. The third-order valence-electron chi connectivity index (χ3n) is 2.95. The van der Waals surface area contributed by atoms with E-state index in [1.54, 1.807) is 19.2 Å². The van der Waals surface area contributed by atoms with Gasteiger partial charge >= 0.3 is 0 Å². The van der Waals surface area contributed by atoms with Crippen molar-refractivity contribution in [2.75, 3.05) is 12.4 Å². The van der Waals surface area contributed by atoms with Gasteiger partial charge in [0.25, 0.3) is 5.69 Å². The van der Waals surface area contributed by atoms with E-state index in [1.807, 2.05) is 0 Å². The number of methoxy groups -OCH3 is 1. The van der Waals surface area contributed by atoms with Crippen LogP contribution in [0.1, 0.15) is 12.8 Å². The van der Waals surface area contributed by atoms with Gasteiger partial charge in [-0.2, -0.15) is 0 Å². The smallest absolute Gasteiger partial charge is 0.271 e. The number of halogens is 1. The highest BCUT2D eigenvalue weighted by Crippen LogP contribution is 2.32. The maximum Gasteiger partial charge on any atom is 0.271 e. The van der Waals surface area contributed by atoms with Crippen molar-refractivity contribution in [2.45, 2.75) is 25.0 Å². The van der Waals surface area contributed by atoms with E-state index in [9.17, 15) is 10.1 Å². The van der Waals surface area contributed by atoms with Gasteiger partial charge in [0, 0.05) is 29.8 Å². The Morgan fingerprint density at radius 3 is 2.82 bits per heavy atom. The van der Waals surface area contributed by atoms with E-state index in [2.05, 4.69) is 21.2 Å². The Kier molecular flexibility index (Phi) is 3.63. The normalized spacial score (nSPS) is 22.9. The quantitative estimate of drug-likeness (QED) is 0.686. The summed E-state index contributed by atoms with van der Waals surface area (Å²) in [7, 11) is 1.70. The first-order valence-corrected chi connectivity index (χ1v) is 6.12. The van der Waals surface area contributed by atoms with Crippen molar-refractivity contribution in [3.05, 3.63) is 32.8 Å². The summed E-state index contributed by atoms with van der Waals surface area (Å²) >= 11 is 3.38. The van der Waals surface area contributed by atoms with Crippen molar-refractivity contribution < 1.29 is 9.66 Å². The van der Waals surface area contributed by atoms with Crippen LogP contribution in [0, 0.1) is 10.1 Å². The van der Waals surface area contributed by atoms with Crippen LogP contribution in [-0.4, -0.2) is 24.2 Å². The first-order valence-electron chi connectivity index (χ1n) is 5.33. The molecule has 1 aliphatic rings. The Morgan fingerprint density at radius 2 is 2.24 bits per heavy atom. The van der Waals surface area contributed by atoms with Crippen LogP contribution in [0.25, 0.3) is 0 Å². The van der Waals surface area contributed by atoms with Crippen molar-refractivity contribution in [3.63, 3.8) is 0 Å². The number of hydrogen-bond acceptors (Lipinski definition) is 4. The molecule has 0 aromatic heterocycles. The lowest BCUT2D eigenvalue weighted by Gasteiger charge is -2.35. The second kappa shape index (κ2) is 5.01. The molecule has 0 aliphatic heterocycles. The zero-order valence-electron chi connectivity index (χ0n) is 9.35. The Labute approximate surface area is 107 Å². The van der Waals surface area contributed by atoms with Gasteiger partial charge in [0.05, 0.1) is 16.7 Å². The van der Waals surface area contributed by atoms with Crippen molar-refractivity contribution >= 4 is 27.3 Å². The van der Waals surface area contributed by atoms with Crippen LogP contribution in [0.5, 0.6) is 0 Å². The first-order chi connectivity index (χ1) is 8.10. The molecule has 1 aromatic carbocycles. The Morgan fingerprint density at radius 1 is 1.53 bits per heavy atom. The molecule has 0 saturated heterocycles. The molecule has 2 rings (SSSR count). The van der Waals surface area contributed by atoms with Crippen LogP contribution in [0.4, 0.5) is 11.4 Å². The summed E-state index contributed by atoms with van der Waals surface area (Å²) in [5, 5.41) is 13.9. The van der Waals surface area contributed by atoms with Crippen molar-refractivity contribution in [2.24, 2.45) is 0 Å². The Balaban J connectivity index is 2.05. The molecule has 5 nitrogen and oxygen atoms in total. The molecule has 0 amide bonds. The summed E-state index contributed by atoms with van der Waals surface area (Å²) < 4.78 is 6.02. The molecule has 1 aliphatic carbocycles. The number of benzene rings is 1. The average molecular weight is 301 g/mol. The average Bonchev–Trinajstić information content (AvgIpc) is 2.24. The number of hydrogen-bond donors (Lipinski definition) is 1. The maximum atomic E-state index is 10.7. The predicted octanol–water partition coefficient (Wildman–Crippen LogP) is 2.95. The van der Waals surface area contributed by atoms with Gasteiger partial charge in [-0.15, -0.1) is 0 Å². The highest BCUT2D eigenvalue weighted by atomic mass is 79.9. The Hall–Kier alpha value is -1.14. The highest BCUT2D eigenvalue weighted by molar-refractivity contribution is 9.10. The number of non-ortho nitro benzene ring substituents is 1. The third kappa shape index (κ3) is 2.76. The van der Waals surface area contributed by atoms with Crippen LogP contribution >= 0.6 is 15.9 Å². The minimum Gasteiger partial charge on any atom is -0.381 e. The van der Waals surface area contributed by atoms with Crippen LogP contribution < -0.4 is 5.32 Å². The lowest BCUT2D eigenvalue weighted by atomic mass is 9.89. The molecular formula is C11H13BrN2O3. The van der Waals surface area contributed by atoms with Gasteiger partial charge < -0.3 is 10.1 Å². The van der Waals surface area contributed by atoms with E-state index in [0.29, 0.717) is 12.1 Å². The summed E-state index contributed by atoms with van der Waals surface area (Å²) in [6.07, 6.45) is 2.18. The summed E-state index contributed by atoms with van der Waals surface area (Å²) in [5.41, 5.74) is 0.858. The fourth-order valence-electron chi connectivity index (χ4n) is 1.83. The second-order valence-electron chi connectivity index (χ2n) is 4.09. The van der Waals surface area contributed by atoms with Crippen molar-refractivity contribution in [1.82, 2.24) is 0 Å². The van der Waals surface area contributed by atoms with Gasteiger partial charge in [0.15, 0.2) is 0 Å². The molecule has 0 bridgehead atoms. The standard InChI is InChI=1S/C11H13BrN2O3/c1-17-9-4-7(5-9)13-11-6-8(14(15)16)2-3-10(11)12/h2-3,6-7,9,13H,4-5H2,1H3. The fraction of sp³-hybridized carbons (Fsp3) is 0.455. The molecule has 1 N–H and O–H groups in total. The maximum absolute atomic E-state index is 10.7. The molecule has 1 fully saturated rings. The lowest BCUT2D eigenvalue weighted by molar-refractivity contribution is -0.384. The van der Waals surface area contributed by atoms with Crippen LogP contribution in [-0.2, 0) is 4.74 Å². The van der Waals surface area contributed by atoms with Gasteiger partial charge in [0.2, 0.25) is 0 Å². The SMILES string of the molecule is COC1CC(Nc2cc([N+](=O)[O-])ccc2Br)C1. The molecule has 92 valence electrons. The van der Waals surface area contributed by atoms with Crippen LogP contribution in [0.3, 0.4) is 0 Å². The number of ether oxygens (including phenoxy) is 1. The molecule has 1 aromatic rings. The van der Waals surface area contributed by atoms with Crippen molar-refractivity contribution in [1.29, 1.82) is 0 Å². The van der Waals surface area contributed by atoms with Gasteiger partial charge in [-0.05, 0) is 34.8 Å². The summed E-state index contributed by atoms with van der Waals surface area (Å²) in [4.78, 5) is 10.3. The number of nitro benzene ring substituents is 1. The van der Waals surface area contributed by atoms with E-state index in [0.717, 1.165) is 23.0 Å². The number of nitro groups is 1. The van der Waals surface area contributed by atoms with Gasteiger partial charge in [-0.3, -0.25) is 10.1 Å². The molecule has 0 atom stereocenters. The second-order valence-corrected chi connectivity index (χ2v) is 4.95. The molecule has 0 radical (unpaired) electrons. The molecule has 17 heavy (non-hydrogen) atoms. The van der Waals surface area contributed by atoms with E-state index >= 15 is 0 Å². The van der Waals surface area contributed by atoms with Gasteiger partial charge in [-0.1, -0.05) is 0 Å². The van der Waals surface area contributed by atoms with Gasteiger partial charge in [-0.25, -0.2) is 0 Å². The third-order valence-corrected chi connectivity index (χ3v) is 3.64. The fourth-order valence-corrected chi connectivity index (χ4v) is 2.19. The van der Waals surface area contributed by atoms with Crippen LogP contribution in [0.15, 0.2) is 22.7 Å². The predicted molar refractivity (Wildman–Crippen MR) is 68.2 cm³/mol. The van der Waals surface area contributed by atoms with Gasteiger partial charge in [0.1, 0.15) is 0 Å². The number of rotatable bonds is 4. The molecule has 1 saturated carbocycles. The minimum absolute atomic E-state index is 0.0957. The molecule has 6 heteroatoms.